The summed E-state index contributed by atoms with van der Waals surface area (Å²) in [7, 11) is 0. The normalized spacial score (nSPS) is 10.6. The van der Waals surface area contributed by atoms with E-state index in [0.29, 0.717) is 0 Å². The van der Waals surface area contributed by atoms with Gasteiger partial charge >= 0.3 is 0 Å². The first-order valence-corrected chi connectivity index (χ1v) is 7.01. The fourth-order valence-electron chi connectivity index (χ4n) is 1.72. The number of halogens is 2. The molecular weight excluding hydrogens is 340 g/mol. The Morgan fingerprint density at radius 1 is 0.889 bits per heavy atom. The van der Waals surface area contributed by atoms with E-state index in [1.807, 2.05) is 12.1 Å². The molecule has 0 aliphatic rings. The lowest BCUT2D eigenvalue weighted by Gasteiger charge is -2.05. The number of hydrogen-bond donors (Lipinski definition) is 1. The number of benzene rings is 2. The van der Waals surface area contributed by atoms with Crippen molar-refractivity contribution in [3.63, 3.8) is 0 Å². The molecule has 0 amide bonds. The highest BCUT2D eigenvalue weighted by Crippen LogP contribution is 2.06. The molecule has 94 valence electrons. The fraction of sp³-hybridized carbons (Fsp3) is 0.200. The van der Waals surface area contributed by atoms with Gasteiger partial charge in [-0.2, -0.15) is 0 Å². The Morgan fingerprint density at radius 3 is 2.17 bits per heavy atom. The summed E-state index contributed by atoms with van der Waals surface area (Å²) in [6.07, 6.45) is 0.921. The van der Waals surface area contributed by atoms with Crippen LogP contribution in [0.15, 0.2) is 48.5 Å². The second kappa shape index (κ2) is 6.85. The molecule has 0 heterocycles. The molecule has 0 radical (unpaired) electrons. The van der Waals surface area contributed by atoms with Crippen molar-refractivity contribution in [1.82, 2.24) is 5.32 Å². The van der Waals surface area contributed by atoms with Crippen molar-refractivity contribution in [2.75, 3.05) is 6.54 Å². The molecule has 2 aromatic rings. The first-order valence-electron chi connectivity index (χ1n) is 5.93. The smallest absolute Gasteiger partial charge is 0.123 e. The molecular formula is C15H15FIN. The predicted molar refractivity (Wildman–Crippen MR) is 81.0 cm³/mol. The first-order chi connectivity index (χ1) is 8.74. The maximum absolute atomic E-state index is 12.7. The second-order valence-corrected chi connectivity index (χ2v) is 5.43. The van der Waals surface area contributed by atoms with Crippen LogP contribution in [0.5, 0.6) is 0 Å². The van der Waals surface area contributed by atoms with Crippen LogP contribution >= 0.6 is 22.6 Å². The summed E-state index contributed by atoms with van der Waals surface area (Å²) in [5.74, 6) is -0.175. The average Bonchev–Trinajstić information content (AvgIpc) is 2.39. The molecule has 0 aliphatic heterocycles. The highest BCUT2D eigenvalue weighted by Gasteiger charge is 1.95. The lowest BCUT2D eigenvalue weighted by molar-refractivity contribution is 0.626. The van der Waals surface area contributed by atoms with Crippen LogP contribution in [-0.2, 0) is 13.0 Å². The molecule has 2 aromatic carbocycles. The van der Waals surface area contributed by atoms with Gasteiger partial charge in [-0.1, -0.05) is 24.3 Å². The highest BCUT2D eigenvalue weighted by atomic mass is 127. The zero-order valence-corrected chi connectivity index (χ0v) is 12.2. The summed E-state index contributed by atoms with van der Waals surface area (Å²) in [5, 5.41) is 3.39. The van der Waals surface area contributed by atoms with Gasteiger partial charge in [0.05, 0.1) is 0 Å². The Hall–Kier alpha value is -0.940. The zero-order valence-electron chi connectivity index (χ0n) is 10.00. The van der Waals surface area contributed by atoms with Crippen LogP contribution in [0.2, 0.25) is 0 Å². The molecule has 3 heteroatoms. The van der Waals surface area contributed by atoms with E-state index in [2.05, 4.69) is 52.2 Å². The monoisotopic (exact) mass is 355 g/mol. The van der Waals surface area contributed by atoms with E-state index >= 15 is 0 Å². The van der Waals surface area contributed by atoms with E-state index in [1.165, 1.54) is 21.3 Å². The van der Waals surface area contributed by atoms with Crippen LogP contribution in [-0.4, -0.2) is 6.54 Å². The highest BCUT2D eigenvalue weighted by molar-refractivity contribution is 14.1. The molecule has 0 saturated heterocycles. The molecule has 2 rings (SSSR count). The van der Waals surface area contributed by atoms with Gasteiger partial charge in [0.2, 0.25) is 0 Å². The lowest BCUT2D eigenvalue weighted by atomic mass is 10.1. The van der Waals surface area contributed by atoms with E-state index in [1.54, 1.807) is 0 Å². The van der Waals surface area contributed by atoms with E-state index in [-0.39, 0.29) is 5.82 Å². The summed E-state index contributed by atoms with van der Waals surface area (Å²) in [6, 6.07) is 15.2. The Bertz CT molecular complexity index is 431. The first kappa shape index (κ1) is 13.5. The van der Waals surface area contributed by atoms with Crippen LogP contribution in [0.1, 0.15) is 11.1 Å². The van der Waals surface area contributed by atoms with E-state index < -0.39 is 0 Å². The van der Waals surface area contributed by atoms with Gasteiger partial charge in [0.15, 0.2) is 0 Å². The fourth-order valence-corrected chi connectivity index (χ4v) is 2.08. The van der Waals surface area contributed by atoms with E-state index in [0.717, 1.165) is 25.1 Å². The molecule has 0 saturated carbocycles. The van der Waals surface area contributed by atoms with Crippen molar-refractivity contribution < 1.29 is 4.39 Å². The third-order valence-corrected chi connectivity index (χ3v) is 3.47. The molecule has 1 nitrogen and oxygen atoms in total. The van der Waals surface area contributed by atoms with E-state index in [4.69, 9.17) is 0 Å². The molecule has 0 atom stereocenters. The minimum Gasteiger partial charge on any atom is -0.312 e. The largest absolute Gasteiger partial charge is 0.312 e. The summed E-state index contributed by atoms with van der Waals surface area (Å²) >= 11 is 2.30. The van der Waals surface area contributed by atoms with Gasteiger partial charge in [0.1, 0.15) is 5.82 Å². The average molecular weight is 355 g/mol. The minimum absolute atomic E-state index is 0.175. The molecule has 0 aliphatic carbocycles. The van der Waals surface area contributed by atoms with Crippen molar-refractivity contribution >= 4 is 22.6 Å². The molecule has 0 bridgehead atoms. The minimum atomic E-state index is -0.175. The summed E-state index contributed by atoms with van der Waals surface area (Å²) < 4.78 is 14.0. The molecule has 0 spiro atoms. The third-order valence-electron chi connectivity index (χ3n) is 2.75. The predicted octanol–water partition coefficient (Wildman–Crippen LogP) is 3.76. The number of nitrogens with one attached hydrogen (secondary N) is 1. The van der Waals surface area contributed by atoms with Gasteiger partial charge in [-0.15, -0.1) is 0 Å². The van der Waals surface area contributed by atoms with Gasteiger partial charge in [-0.05, 0) is 70.9 Å². The third kappa shape index (κ3) is 4.38. The quantitative estimate of drug-likeness (QED) is 0.636. The molecule has 0 aromatic heterocycles. The van der Waals surface area contributed by atoms with Crippen molar-refractivity contribution in [3.8, 4) is 0 Å². The Morgan fingerprint density at radius 2 is 1.50 bits per heavy atom. The topological polar surface area (TPSA) is 12.0 Å². The maximum atomic E-state index is 12.7. The lowest BCUT2D eigenvalue weighted by Crippen LogP contribution is -2.16. The van der Waals surface area contributed by atoms with Crippen LogP contribution in [0.3, 0.4) is 0 Å². The van der Waals surface area contributed by atoms with Gasteiger partial charge in [-0.3, -0.25) is 0 Å². The second-order valence-electron chi connectivity index (χ2n) is 4.18. The van der Waals surface area contributed by atoms with Gasteiger partial charge in [0.25, 0.3) is 0 Å². The molecule has 18 heavy (non-hydrogen) atoms. The maximum Gasteiger partial charge on any atom is 0.123 e. The zero-order chi connectivity index (χ0) is 12.8. The van der Waals surface area contributed by atoms with Crippen LogP contribution in [0.25, 0.3) is 0 Å². The van der Waals surface area contributed by atoms with Gasteiger partial charge < -0.3 is 5.32 Å². The van der Waals surface area contributed by atoms with Crippen LogP contribution in [0, 0.1) is 9.39 Å². The van der Waals surface area contributed by atoms with Crippen molar-refractivity contribution in [2.45, 2.75) is 13.0 Å². The van der Waals surface area contributed by atoms with Crippen molar-refractivity contribution in [3.05, 3.63) is 69.0 Å². The summed E-state index contributed by atoms with van der Waals surface area (Å²) in [4.78, 5) is 0. The number of rotatable bonds is 5. The summed E-state index contributed by atoms with van der Waals surface area (Å²) in [6.45, 7) is 1.77. The summed E-state index contributed by atoms with van der Waals surface area (Å²) in [5.41, 5.74) is 2.45. The van der Waals surface area contributed by atoms with Crippen molar-refractivity contribution in [2.24, 2.45) is 0 Å². The van der Waals surface area contributed by atoms with Crippen molar-refractivity contribution in [1.29, 1.82) is 0 Å². The van der Waals surface area contributed by atoms with Gasteiger partial charge in [0, 0.05) is 10.1 Å². The van der Waals surface area contributed by atoms with Gasteiger partial charge in [-0.25, -0.2) is 4.39 Å². The Balaban J connectivity index is 1.73. The molecule has 0 fully saturated rings. The SMILES string of the molecule is Fc1ccc(CCNCc2ccc(I)cc2)cc1. The van der Waals surface area contributed by atoms with E-state index in [9.17, 15) is 4.39 Å². The van der Waals surface area contributed by atoms with Crippen LogP contribution < -0.4 is 5.32 Å². The number of hydrogen-bond acceptors (Lipinski definition) is 1. The van der Waals surface area contributed by atoms with Crippen LogP contribution in [0.4, 0.5) is 4.39 Å². The molecule has 1 N–H and O–H groups in total. The molecule has 0 unspecified atom stereocenters. The Kier molecular flexibility index (Phi) is 5.13. The standard InChI is InChI=1S/C15H15FIN/c16-14-5-1-12(2-6-14)9-10-18-11-13-3-7-15(17)8-4-13/h1-8,18H,9-11H2. The Labute approximate surface area is 121 Å².